The van der Waals surface area contributed by atoms with E-state index in [1.807, 2.05) is 24.3 Å². The van der Waals surface area contributed by atoms with Crippen LogP contribution in [0.25, 0.3) is 0 Å². The van der Waals surface area contributed by atoms with Crippen molar-refractivity contribution in [3.63, 3.8) is 0 Å². The predicted molar refractivity (Wildman–Crippen MR) is 115 cm³/mol. The molecule has 0 N–H and O–H groups in total. The van der Waals surface area contributed by atoms with Gasteiger partial charge in [0.25, 0.3) is 0 Å². The Morgan fingerprint density at radius 1 is 1.00 bits per heavy atom. The molecule has 158 valence electrons. The number of benzene rings is 2. The lowest BCUT2D eigenvalue weighted by Gasteiger charge is -2.07. The average Bonchev–Trinajstić information content (AvgIpc) is 2.66. The summed E-state index contributed by atoms with van der Waals surface area (Å²) in [6, 6.07) is 12.0. The maximum Gasteiger partial charge on any atom is 0.416 e. The highest BCUT2D eigenvalue weighted by Gasteiger charge is 2.30. The van der Waals surface area contributed by atoms with E-state index in [4.69, 9.17) is 4.74 Å². The first kappa shape index (κ1) is 23.7. The van der Waals surface area contributed by atoms with Gasteiger partial charge in [-0.15, -0.1) is 0 Å². The smallest absolute Gasteiger partial charge is 0.416 e. The molecule has 0 saturated heterocycles. The topological polar surface area (TPSA) is 43.4 Å². The molecule has 0 aliphatic rings. The maximum atomic E-state index is 12.5. The molecule has 0 unspecified atom stereocenters. The SMILES string of the molecule is COc1cccc(CSSC/C=C/CS(=O)(=O)Cc2ccc(C(F)(F)F)cc2)c1. The largest absolute Gasteiger partial charge is 0.497 e. The zero-order chi connectivity index (χ0) is 21.3. The van der Waals surface area contributed by atoms with Crippen LogP contribution in [0, 0.1) is 0 Å². The van der Waals surface area contributed by atoms with Crippen LogP contribution in [0.2, 0.25) is 0 Å². The number of ether oxygens (including phenoxy) is 1. The van der Waals surface area contributed by atoms with Gasteiger partial charge in [-0.1, -0.05) is 58.0 Å². The molecule has 0 amide bonds. The van der Waals surface area contributed by atoms with Crippen LogP contribution in [0.15, 0.2) is 60.7 Å². The van der Waals surface area contributed by atoms with E-state index >= 15 is 0 Å². The number of sulfone groups is 1. The maximum absolute atomic E-state index is 12.5. The Labute approximate surface area is 177 Å². The molecule has 2 aromatic carbocycles. The highest BCUT2D eigenvalue weighted by atomic mass is 33.1. The Morgan fingerprint density at radius 2 is 1.72 bits per heavy atom. The van der Waals surface area contributed by atoms with E-state index in [0.29, 0.717) is 11.3 Å². The summed E-state index contributed by atoms with van der Waals surface area (Å²) in [5.41, 5.74) is 0.696. The van der Waals surface area contributed by atoms with Gasteiger partial charge in [0.15, 0.2) is 9.84 Å². The van der Waals surface area contributed by atoms with Crippen molar-refractivity contribution in [2.45, 2.75) is 17.7 Å². The van der Waals surface area contributed by atoms with Gasteiger partial charge in [0.05, 0.1) is 24.2 Å². The molecule has 0 spiro atoms. The zero-order valence-corrected chi connectivity index (χ0v) is 18.1. The minimum absolute atomic E-state index is 0.144. The van der Waals surface area contributed by atoms with Crippen LogP contribution in [-0.4, -0.2) is 27.0 Å². The molecule has 2 rings (SSSR count). The zero-order valence-electron chi connectivity index (χ0n) is 15.7. The highest BCUT2D eigenvalue weighted by Crippen LogP contribution is 2.29. The third-order valence-corrected chi connectivity index (χ3v) is 7.47. The number of hydrogen-bond donors (Lipinski definition) is 0. The minimum atomic E-state index is -4.43. The summed E-state index contributed by atoms with van der Waals surface area (Å²) in [7, 11) is 1.46. The van der Waals surface area contributed by atoms with Crippen molar-refractivity contribution in [3.05, 3.63) is 77.4 Å². The molecular weight excluding hydrogens is 441 g/mol. The van der Waals surface area contributed by atoms with E-state index in [2.05, 4.69) is 0 Å². The van der Waals surface area contributed by atoms with E-state index < -0.39 is 21.6 Å². The van der Waals surface area contributed by atoms with Crippen LogP contribution in [0.1, 0.15) is 16.7 Å². The average molecular weight is 463 g/mol. The third-order valence-electron chi connectivity index (χ3n) is 3.79. The molecule has 0 aliphatic heterocycles. The summed E-state index contributed by atoms with van der Waals surface area (Å²) in [6.45, 7) is 0. The van der Waals surface area contributed by atoms with Gasteiger partial charge in [-0.05, 0) is 35.4 Å². The van der Waals surface area contributed by atoms with Crippen LogP contribution in [0.3, 0.4) is 0 Å². The summed E-state index contributed by atoms with van der Waals surface area (Å²) in [5.74, 6) is 1.85. The van der Waals surface area contributed by atoms with Gasteiger partial charge in [-0.2, -0.15) is 13.2 Å². The molecule has 9 heteroatoms. The van der Waals surface area contributed by atoms with Crippen molar-refractivity contribution >= 4 is 31.4 Å². The van der Waals surface area contributed by atoms with Crippen molar-refractivity contribution in [3.8, 4) is 5.75 Å². The summed E-state index contributed by atoms with van der Waals surface area (Å²) in [5, 5.41) is 0. The van der Waals surface area contributed by atoms with Crippen LogP contribution in [0.4, 0.5) is 13.2 Å². The van der Waals surface area contributed by atoms with E-state index in [1.165, 1.54) is 12.1 Å². The summed E-state index contributed by atoms with van der Waals surface area (Å²) in [6.07, 6.45) is -1.06. The standard InChI is InChI=1S/C20H21F3O3S3/c1-26-19-6-4-5-17(13-19)14-28-27-11-2-3-12-29(24,25)15-16-7-9-18(10-8-16)20(21,22)23/h2-10,13H,11-12,14-15H2,1H3/b3-2+. The second kappa shape index (κ2) is 11.0. The highest BCUT2D eigenvalue weighted by molar-refractivity contribution is 8.76. The van der Waals surface area contributed by atoms with Gasteiger partial charge in [0.1, 0.15) is 5.75 Å². The lowest BCUT2D eigenvalue weighted by molar-refractivity contribution is -0.137. The van der Waals surface area contributed by atoms with Crippen LogP contribution < -0.4 is 4.74 Å². The molecule has 0 heterocycles. The van der Waals surface area contributed by atoms with Crippen molar-refractivity contribution in [1.29, 1.82) is 0 Å². The van der Waals surface area contributed by atoms with E-state index in [9.17, 15) is 21.6 Å². The molecule has 0 atom stereocenters. The van der Waals surface area contributed by atoms with Crippen molar-refractivity contribution in [2.24, 2.45) is 0 Å². The molecule has 0 aromatic heterocycles. The van der Waals surface area contributed by atoms with Crippen LogP contribution >= 0.6 is 21.6 Å². The lowest BCUT2D eigenvalue weighted by Crippen LogP contribution is -2.09. The van der Waals surface area contributed by atoms with Gasteiger partial charge in [0.2, 0.25) is 0 Å². The number of methoxy groups -OCH3 is 1. The van der Waals surface area contributed by atoms with Gasteiger partial charge in [0, 0.05) is 11.5 Å². The number of alkyl halides is 3. The van der Waals surface area contributed by atoms with Crippen LogP contribution in [-0.2, 0) is 27.5 Å². The Kier molecular flexibility index (Phi) is 8.98. The molecular formula is C20H21F3O3S3. The molecule has 3 nitrogen and oxygen atoms in total. The fraction of sp³-hybridized carbons (Fsp3) is 0.300. The summed E-state index contributed by atoms with van der Waals surface area (Å²) >= 11 is 0. The molecule has 29 heavy (non-hydrogen) atoms. The van der Waals surface area contributed by atoms with Gasteiger partial charge >= 0.3 is 6.18 Å². The Balaban J connectivity index is 1.71. The normalized spacial score (nSPS) is 12.4. The van der Waals surface area contributed by atoms with Crippen molar-refractivity contribution in [1.82, 2.24) is 0 Å². The van der Waals surface area contributed by atoms with E-state index in [1.54, 1.807) is 40.8 Å². The van der Waals surface area contributed by atoms with Gasteiger partial charge in [-0.25, -0.2) is 8.42 Å². The third kappa shape index (κ3) is 8.76. The van der Waals surface area contributed by atoms with E-state index in [0.717, 1.165) is 29.2 Å². The summed E-state index contributed by atoms with van der Waals surface area (Å²) < 4.78 is 67.0. The van der Waals surface area contributed by atoms with E-state index in [-0.39, 0.29) is 11.5 Å². The second-order valence-electron chi connectivity index (χ2n) is 6.12. The first-order valence-corrected chi connectivity index (χ1v) is 12.9. The summed E-state index contributed by atoms with van der Waals surface area (Å²) in [4.78, 5) is 0. The minimum Gasteiger partial charge on any atom is -0.497 e. The van der Waals surface area contributed by atoms with Crippen molar-refractivity contribution in [2.75, 3.05) is 18.6 Å². The van der Waals surface area contributed by atoms with Crippen LogP contribution in [0.5, 0.6) is 5.75 Å². The number of hydrogen-bond acceptors (Lipinski definition) is 5. The first-order chi connectivity index (χ1) is 13.7. The first-order valence-electron chi connectivity index (χ1n) is 8.58. The second-order valence-corrected chi connectivity index (χ2v) is 10.7. The Hall–Kier alpha value is -1.58. The Bertz CT molecular complexity index is 909. The molecule has 0 saturated carbocycles. The fourth-order valence-electron chi connectivity index (χ4n) is 2.34. The number of rotatable bonds is 10. The van der Waals surface area contributed by atoms with Crippen molar-refractivity contribution < 1.29 is 26.3 Å². The molecule has 0 aliphatic carbocycles. The molecule has 0 bridgehead atoms. The predicted octanol–water partition coefficient (Wildman–Crippen LogP) is 5.77. The Morgan fingerprint density at radius 3 is 2.38 bits per heavy atom. The lowest BCUT2D eigenvalue weighted by atomic mass is 10.1. The van der Waals surface area contributed by atoms with Gasteiger partial charge < -0.3 is 4.74 Å². The molecule has 0 radical (unpaired) electrons. The van der Waals surface area contributed by atoms with Gasteiger partial charge in [-0.3, -0.25) is 0 Å². The monoisotopic (exact) mass is 462 g/mol. The molecule has 2 aromatic rings. The number of halogens is 3. The fourth-order valence-corrected chi connectivity index (χ4v) is 5.48. The molecule has 0 fully saturated rings. The quantitative estimate of drug-likeness (QED) is 0.255.